The van der Waals surface area contributed by atoms with Crippen molar-refractivity contribution in [2.75, 3.05) is 19.1 Å². The third-order valence-electron chi connectivity index (χ3n) is 3.81. The normalized spacial score (nSPS) is 12.3. The lowest BCUT2D eigenvalue weighted by molar-refractivity contribution is -0.146. The molecule has 0 amide bonds. The van der Waals surface area contributed by atoms with Crippen molar-refractivity contribution in [1.29, 1.82) is 0 Å². The highest BCUT2D eigenvalue weighted by molar-refractivity contribution is 7.91. The molecule has 2 aromatic rings. The fraction of sp³-hybridized carbons (Fsp3) is 0.350. The molecule has 10 heteroatoms. The SMILES string of the molecule is CCCOc1c(Cl)cc(S(=O)(=O)c2ccc(OC[C@H](CCl)OC(C)=O)cc2)cc1Cl. The van der Waals surface area contributed by atoms with Crippen LogP contribution in [0.2, 0.25) is 10.0 Å². The lowest BCUT2D eigenvalue weighted by Crippen LogP contribution is -2.25. The van der Waals surface area contributed by atoms with Gasteiger partial charge in [0, 0.05) is 6.92 Å². The zero-order valence-corrected chi connectivity index (χ0v) is 19.4. The number of ether oxygens (including phenoxy) is 3. The lowest BCUT2D eigenvalue weighted by Gasteiger charge is -2.15. The van der Waals surface area contributed by atoms with Crippen LogP contribution < -0.4 is 9.47 Å². The maximum absolute atomic E-state index is 12.9. The molecule has 0 saturated carbocycles. The molecule has 2 rings (SSSR count). The summed E-state index contributed by atoms with van der Waals surface area (Å²) in [4.78, 5) is 11.0. The van der Waals surface area contributed by atoms with Crippen LogP contribution in [0.3, 0.4) is 0 Å². The number of sulfone groups is 1. The molecule has 0 spiro atoms. The first kappa shape index (κ1) is 24.6. The number of halogens is 3. The molecule has 0 aromatic heterocycles. The Morgan fingerprint density at radius 3 is 2.13 bits per heavy atom. The molecule has 0 aliphatic rings. The van der Waals surface area contributed by atoms with Crippen LogP contribution in [0.1, 0.15) is 20.3 Å². The van der Waals surface area contributed by atoms with Gasteiger partial charge in [0.2, 0.25) is 9.84 Å². The van der Waals surface area contributed by atoms with E-state index < -0.39 is 21.9 Å². The lowest BCUT2D eigenvalue weighted by atomic mass is 10.3. The zero-order chi connectivity index (χ0) is 22.3. The van der Waals surface area contributed by atoms with Gasteiger partial charge in [0.1, 0.15) is 18.5 Å². The Labute approximate surface area is 190 Å². The van der Waals surface area contributed by atoms with Gasteiger partial charge in [-0.05, 0) is 42.8 Å². The van der Waals surface area contributed by atoms with Crippen molar-refractivity contribution in [3.8, 4) is 11.5 Å². The monoisotopic (exact) mass is 494 g/mol. The second-order valence-electron chi connectivity index (χ2n) is 6.24. The van der Waals surface area contributed by atoms with Gasteiger partial charge in [0.25, 0.3) is 0 Å². The van der Waals surface area contributed by atoms with Crippen LogP contribution in [-0.4, -0.2) is 39.6 Å². The van der Waals surface area contributed by atoms with Crippen molar-refractivity contribution in [1.82, 2.24) is 0 Å². The smallest absolute Gasteiger partial charge is 0.303 e. The Morgan fingerprint density at radius 2 is 1.63 bits per heavy atom. The highest BCUT2D eigenvalue weighted by Gasteiger charge is 2.22. The van der Waals surface area contributed by atoms with Crippen LogP contribution in [0, 0.1) is 0 Å². The molecule has 0 unspecified atom stereocenters. The summed E-state index contributed by atoms with van der Waals surface area (Å²) in [6, 6.07) is 8.40. The number of hydrogen-bond donors (Lipinski definition) is 0. The average Bonchev–Trinajstić information content (AvgIpc) is 2.70. The minimum absolute atomic E-state index is 0.0399. The van der Waals surface area contributed by atoms with Crippen LogP contribution in [0.4, 0.5) is 0 Å². The molecule has 30 heavy (non-hydrogen) atoms. The molecule has 6 nitrogen and oxygen atoms in total. The first-order valence-corrected chi connectivity index (χ1v) is 11.8. The quantitative estimate of drug-likeness (QED) is 0.334. The van der Waals surface area contributed by atoms with Crippen molar-refractivity contribution in [2.45, 2.75) is 36.2 Å². The number of esters is 1. The highest BCUT2D eigenvalue weighted by atomic mass is 35.5. The Morgan fingerprint density at radius 1 is 1.03 bits per heavy atom. The summed E-state index contributed by atoms with van der Waals surface area (Å²) in [5, 5.41) is 0.235. The predicted molar refractivity (Wildman–Crippen MR) is 116 cm³/mol. The molecule has 0 fully saturated rings. The molecular weight excluding hydrogens is 475 g/mol. The summed E-state index contributed by atoms with van der Waals surface area (Å²) in [7, 11) is -3.86. The second kappa shape index (κ2) is 11.1. The summed E-state index contributed by atoms with van der Waals surface area (Å²) in [6.45, 7) is 3.66. The maximum Gasteiger partial charge on any atom is 0.303 e. The van der Waals surface area contributed by atoms with E-state index in [0.29, 0.717) is 12.4 Å². The third kappa shape index (κ3) is 6.41. The number of carbonyl (C=O) groups excluding carboxylic acids is 1. The largest absolute Gasteiger partial charge is 0.490 e. The van der Waals surface area contributed by atoms with Gasteiger partial charge in [-0.25, -0.2) is 8.42 Å². The van der Waals surface area contributed by atoms with E-state index in [1.807, 2.05) is 6.92 Å². The Hall–Kier alpha value is -1.67. The standard InChI is InChI=1S/C20H21Cl3O6S/c1-3-8-27-20-18(22)9-17(10-19(20)23)30(25,26)16-6-4-14(5-7-16)28-12-15(11-21)29-13(2)24/h4-7,9-10,15H,3,8,11-12H2,1-2H3/t15-/m0/s1. The molecule has 0 aliphatic carbocycles. The van der Waals surface area contributed by atoms with E-state index in [4.69, 9.17) is 49.0 Å². The van der Waals surface area contributed by atoms with Gasteiger partial charge in [-0.2, -0.15) is 0 Å². The van der Waals surface area contributed by atoms with Crippen molar-refractivity contribution in [3.05, 3.63) is 46.4 Å². The average molecular weight is 496 g/mol. The van der Waals surface area contributed by atoms with Crippen molar-refractivity contribution in [3.63, 3.8) is 0 Å². The van der Waals surface area contributed by atoms with Crippen molar-refractivity contribution in [2.24, 2.45) is 0 Å². The van der Waals surface area contributed by atoms with E-state index in [-0.39, 0.29) is 38.1 Å². The predicted octanol–water partition coefficient (Wildman–Crippen LogP) is 5.16. The first-order valence-electron chi connectivity index (χ1n) is 9.02. The van der Waals surface area contributed by atoms with E-state index in [1.165, 1.54) is 43.3 Å². The summed E-state index contributed by atoms with van der Waals surface area (Å²) in [5.74, 6) is 0.264. The minimum atomic E-state index is -3.86. The van der Waals surface area contributed by atoms with Gasteiger partial charge < -0.3 is 14.2 Å². The summed E-state index contributed by atoms with van der Waals surface area (Å²) < 4.78 is 41.8. The van der Waals surface area contributed by atoms with Gasteiger partial charge in [0.15, 0.2) is 5.75 Å². The van der Waals surface area contributed by atoms with Crippen LogP contribution in [0.15, 0.2) is 46.2 Å². The minimum Gasteiger partial charge on any atom is -0.490 e. The number of hydrogen-bond acceptors (Lipinski definition) is 6. The van der Waals surface area contributed by atoms with E-state index in [1.54, 1.807) is 0 Å². The highest BCUT2D eigenvalue weighted by Crippen LogP contribution is 2.37. The molecular formula is C20H21Cl3O6S. The first-order chi connectivity index (χ1) is 14.2. The van der Waals surface area contributed by atoms with E-state index in [0.717, 1.165) is 6.42 Å². The Bertz CT molecular complexity index is 954. The topological polar surface area (TPSA) is 78.9 Å². The molecule has 0 radical (unpaired) electrons. The summed E-state index contributed by atoms with van der Waals surface area (Å²) >= 11 is 18.1. The fourth-order valence-electron chi connectivity index (χ4n) is 2.42. The van der Waals surface area contributed by atoms with Gasteiger partial charge >= 0.3 is 5.97 Å². The van der Waals surface area contributed by atoms with Crippen LogP contribution in [0.25, 0.3) is 0 Å². The van der Waals surface area contributed by atoms with Crippen molar-refractivity contribution >= 4 is 50.6 Å². The molecule has 0 saturated heterocycles. The molecule has 1 atom stereocenters. The van der Waals surface area contributed by atoms with Crippen LogP contribution in [-0.2, 0) is 19.4 Å². The van der Waals surface area contributed by atoms with Crippen molar-refractivity contribution < 1.29 is 27.4 Å². The van der Waals surface area contributed by atoms with Gasteiger partial charge in [0.05, 0.1) is 32.3 Å². The maximum atomic E-state index is 12.9. The number of rotatable bonds is 10. The molecule has 0 N–H and O–H groups in total. The molecule has 0 bridgehead atoms. The fourth-order valence-corrected chi connectivity index (χ4v) is 4.61. The van der Waals surface area contributed by atoms with Gasteiger partial charge in [-0.3, -0.25) is 4.79 Å². The number of benzene rings is 2. The van der Waals surface area contributed by atoms with E-state index >= 15 is 0 Å². The zero-order valence-electron chi connectivity index (χ0n) is 16.4. The van der Waals surface area contributed by atoms with Gasteiger partial charge in [-0.15, -0.1) is 11.6 Å². The summed E-state index contributed by atoms with van der Waals surface area (Å²) in [5.41, 5.74) is 0. The van der Waals surface area contributed by atoms with Crippen LogP contribution in [0.5, 0.6) is 11.5 Å². The molecule has 164 valence electrons. The van der Waals surface area contributed by atoms with E-state index in [9.17, 15) is 13.2 Å². The number of carbonyl (C=O) groups is 1. The number of alkyl halides is 1. The van der Waals surface area contributed by atoms with Crippen LogP contribution >= 0.6 is 34.8 Å². The van der Waals surface area contributed by atoms with Gasteiger partial charge in [-0.1, -0.05) is 30.1 Å². The Kier molecular flexibility index (Phi) is 9.09. The summed E-state index contributed by atoms with van der Waals surface area (Å²) in [6.07, 6.45) is 0.151. The second-order valence-corrected chi connectivity index (χ2v) is 9.31. The molecule has 0 aliphatic heterocycles. The van der Waals surface area contributed by atoms with E-state index in [2.05, 4.69) is 0 Å². The Balaban J connectivity index is 2.18. The molecule has 2 aromatic carbocycles. The third-order valence-corrected chi connectivity index (χ3v) is 6.46. The molecule has 0 heterocycles.